The molecule has 0 atom stereocenters. The van der Waals surface area contributed by atoms with Crippen LogP contribution in [0.3, 0.4) is 0 Å². The van der Waals surface area contributed by atoms with Gasteiger partial charge in [0.25, 0.3) is 0 Å². The van der Waals surface area contributed by atoms with Crippen LogP contribution in [0.2, 0.25) is 0 Å². The Morgan fingerprint density at radius 2 is 2.56 bits per heavy atom. The third-order valence-electron chi connectivity index (χ3n) is 1.11. The van der Waals surface area contributed by atoms with E-state index in [0.29, 0.717) is 0 Å². The Morgan fingerprint density at radius 1 is 1.89 bits per heavy atom. The molecule has 9 heavy (non-hydrogen) atoms. The van der Waals surface area contributed by atoms with Crippen molar-refractivity contribution in [3.05, 3.63) is 16.4 Å². The molecule has 1 heterocycles. The van der Waals surface area contributed by atoms with E-state index in [2.05, 4.69) is 33.7 Å². The van der Waals surface area contributed by atoms with Gasteiger partial charge >= 0.3 is 0 Å². The van der Waals surface area contributed by atoms with Gasteiger partial charge in [0.2, 0.25) is 0 Å². The summed E-state index contributed by atoms with van der Waals surface area (Å²) in [7, 11) is 1.90. The monoisotopic (exact) mass is 206 g/mol. The summed E-state index contributed by atoms with van der Waals surface area (Å²) >= 11 is 7.37. The van der Waals surface area contributed by atoms with Crippen molar-refractivity contribution in [1.82, 2.24) is 9.78 Å². The molecule has 0 spiro atoms. The van der Waals surface area contributed by atoms with Crippen LogP contribution in [0, 0.1) is 0 Å². The van der Waals surface area contributed by atoms with E-state index in [-0.39, 0.29) is 0 Å². The minimum Gasteiger partial charge on any atom is -0.271 e. The molecule has 0 bridgehead atoms. The quantitative estimate of drug-likeness (QED) is 0.692. The Balaban J connectivity index is 3.01. The largest absolute Gasteiger partial charge is 0.271 e. The summed E-state index contributed by atoms with van der Waals surface area (Å²) in [6.45, 7) is 0. The van der Waals surface area contributed by atoms with E-state index < -0.39 is 0 Å². The molecule has 0 aromatic carbocycles. The molecule has 0 fully saturated rings. The van der Waals surface area contributed by atoms with E-state index in [1.54, 1.807) is 4.68 Å². The zero-order valence-corrected chi connectivity index (χ0v) is 7.48. The number of thiol groups is 1. The minimum atomic E-state index is 0.731. The first-order valence-corrected chi connectivity index (χ1v) is 3.96. The summed E-state index contributed by atoms with van der Waals surface area (Å²) < 4.78 is 2.67. The fourth-order valence-electron chi connectivity index (χ4n) is 0.615. The molecule has 0 aliphatic rings. The third-order valence-corrected chi connectivity index (χ3v) is 1.82. The maximum Gasteiger partial charge on any atom is 0.128 e. The molecular weight excluding hydrogens is 200 g/mol. The van der Waals surface area contributed by atoms with Gasteiger partial charge in [0.05, 0.1) is 0 Å². The number of aromatic nitrogens is 2. The molecule has 4 heteroatoms. The van der Waals surface area contributed by atoms with Crippen molar-refractivity contribution < 1.29 is 0 Å². The lowest BCUT2D eigenvalue weighted by atomic mass is 10.5. The van der Waals surface area contributed by atoms with Gasteiger partial charge in [0, 0.05) is 18.5 Å². The van der Waals surface area contributed by atoms with E-state index >= 15 is 0 Å². The predicted molar refractivity (Wildman–Crippen MR) is 43.6 cm³/mol. The SMILES string of the molecule is Cn1nc(Br)cc1CS. The summed E-state index contributed by atoms with van der Waals surface area (Å²) in [5.74, 6) is 0.731. The number of aryl methyl sites for hydroxylation is 1. The summed E-state index contributed by atoms with van der Waals surface area (Å²) in [5.41, 5.74) is 1.12. The van der Waals surface area contributed by atoms with Crippen LogP contribution in [-0.2, 0) is 12.8 Å². The highest BCUT2D eigenvalue weighted by Crippen LogP contribution is 2.10. The van der Waals surface area contributed by atoms with Crippen LogP contribution in [-0.4, -0.2) is 9.78 Å². The van der Waals surface area contributed by atoms with Crippen molar-refractivity contribution in [2.24, 2.45) is 7.05 Å². The van der Waals surface area contributed by atoms with E-state index in [1.807, 2.05) is 13.1 Å². The molecule has 50 valence electrons. The molecule has 0 radical (unpaired) electrons. The van der Waals surface area contributed by atoms with Crippen LogP contribution >= 0.6 is 28.6 Å². The molecular formula is C5H7BrN2S. The van der Waals surface area contributed by atoms with Gasteiger partial charge in [-0.3, -0.25) is 4.68 Å². The Bertz CT molecular complexity index is 209. The van der Waals surface area contributed by atoms with Gasteiger partial charge in [-0.15, -0.1) is 0 Å². The highest BCUT2D eigenvalue weighted by Gasteiger charge is 1.97. The predicted octanol–water partition coefficient (Wildman–Crippen LogP) is 1.61. The lowest BCUT2D eigenvalue weighted by molar-refractivity contribution is 0.731. The first-order chi connectivity index (χ1) is 4.24. The molecule has 0 aliphatic heterocycles. The molecule has 0 N–H and O–H groups in total. The van der Waals surface area contributed by atoms with Crippen molar-refractivity contribution in [3.8, 4) is 0 Å². The summed E-state index contributed by atoms with van der Waals surface area (Å²) in [4.78, 5) is 0. The smallest absolute Gasteiger partial charge is 0.128 e. The summed E-state index contributed by atoms with van der Waals surface area (Å²) in [6.07, 6.45) is 0. The molecule has 2 nitrogen and oxygen atoms in total. The molecule has 0 unspecified atom stereocenters. The minimum absolute atomic E-state index is 0.731. The third kappa shape index (κ3) is 1.49. The van der Waals surface area contributed by atoms with E-state index in [1.165, 1.54) is 0 Å². The molecule has 0 saturated carbocycles. The second-order valence-corrected chi connectivity index (χ2v) is 2.87. The van der Waals surface area contributed by atoms with Crippen molar-refractivity contribution in [1.29, 1.82) is 0 Å². The highest BCUT2D eigenvalue weighted by molar-refractivity contribution is 9.10. The van der Waals surface area contributed by atoms with Crippen LogP contribution in [0.25, 0.3) is 0 Å². The Labute approximate surface area is 67.8 Å². The first kappa shape index (κ1) is 7.15. The lowest BCUT2D eigenvalue weighted by Gasteiger charge is -1.92. The highest BCUT2D eigenvalue weighted by atomic mass is 79.9. The van der Waals surface area contributed by atoms with E-state index in [0.717, 1.165) is 16.0 Å². The zero-order valence-electron chi connectivity index (χ0n) is 5.00. The number of rotatable bonds is 1. The maximum atomic E-state index is 4.11. The van der Waals surface area contributed by atoms with Gasteiger partial charge in [0.15, 0.2) is 0 Å². The topological polar surface area (TPSA) is 17.8 Å². The summed E-state index contributed by atoms with van der Waals surface area (Å²) in [6, 6.07) is 1.95. The molecule has 1 aromatic heterocycles. The molecule has 0 aliphatic carbocycles. The van der Waals surface area contributed by atoms with Gasteiger partial charge in [-0.1, -0.05) is 0 Å². The van der Waals surface area contributed by atoms with Crippen molar-refractivity contribution >= 4 is 28.6 Å². The second-order valence-electron chi connectivity index (χ2n) is 1.74. The lowest BCUT2D eigenvalue weighted by Crippen LogP contribution is -1.94. The summed E-state index contributed by atoms with van der Waals surface area (Å²) in [5, 5.41) is 4.07. The number of nitrogens with zero attached hydrogens (tertiary/aromatic N) is 2. The second kappa shape index (κ2) is 2.75. The van der Waals surface area contributed by atoms with Gasteiger partial charge in [-0.05, 0) is 22.0 Å². The van der Waals surface area contributed by atoms with Crippen molar-refractivity contribution in [3.63, 3.8) is 0 Å². The fraction of sp³-hybridized carbons (Fsp3) is 0.400. The number of hydrogen-bond acceptors (Lipinski definition) is 2. The normalized spacial score (nSPS) is 10.1. The zero-order chi connectivity index (χ0) is 6.85. The molecule has 1 rings (SSSR count). The van der Waals surface area contributed by atoms with Crippen molar-refractivity contribution in [2.45, 2.75) is 5.75 Å². The average molecular weight is 207 g/mol. The number of halogens is 1. The van der Waals surface area contributed by atoms with Crippen LogP contribution in [0.4, 0.5) is 0 Å². The van der Waals surface area contributed by atoms with Gasteiger partial charge in [-0.25, -0.2) is 0 Å². The molecule has 1 aromatic rings. The van der Waals surface area contributed by atoms with Gasteiger partial charge in [-0.2, -0.15) is 17.7 Å². The van der Waals surface area contributed by atoms with E-state index in [9.17, 15) is 0 Å². The molecule has 0 amide bonds. The Hall–Kier alpha value is 0.0400. The van der Waals surface area contributed by atoms with Crippen LogP contribution in [0.15, 0.2) is 10.7 Å². The van der Waals surface area contributed by atoms with Crippen LogP contribution in [0.1, 0.15) is 5.69 Å². The average Bonchev–Trinajstić information content (AvgIpc) is 2.10. The Morgan fingerprint density at radius 3 is 2.78 bits per heavy atom. The van der Waals surface area contributed by atoms with Crippen molar-refractivity contribution in [2.75, 3.05) is 0 Å². The first-order valence-electron chi connectivity index (χ1n) is 2.53. The van der Waals surface area contributed by atoms with Gasteiger partial charge < -0.3 is 0 Å². The fourth-order valence-corrected chi connectivity index (χ4v) is 1.41. The van der Waals surface area contributed by atoms with Crippen LogP contribution < -0.4 is 0 Å². The Kier molecular flexibility index (Phi) is 2.18. The van der Waals surface area contributed by atoms with Crippen LogP contribution in [0.5, 0.6) is 0 Å². The van der Waals surface area contributed by atoms with E-state index in [4.69, 9.17) is 0 Å². The molecule has 0 saturated heterocycles. The number of hydrogen-bond donors (Lipinski definition) is 1. The standard InChI is InChI=1S/C5H7BrN2S/c1-8-4(3-9)2-5(6)7-8/h2,9H,3H2,1H3. The maximum absolute atomic E-state index is 4.11. The van der Waals surface area contributed by atoms with Gasteiger partial charge in [0.1, 0.15) is 4.60 Å².